The lowest BCUT2D eigenvalue weighted by Gasteiger charge is -2.08. The molecule has 3 aromatic rings. The Morgan fingerprint density at radius 2 is 1.88 bits per heavy atom. The molecule has 2 aromatic carbocycles. The number of fused-ring (bicyclic) bond motifs is 1. The van der Waals surface area contributed by atoms with Crippen molar-refractivity contribution in [2.45, 2.75) is 24.8 Å². The topological polar surface area (TPSA) is 101 Å². The summed E-state index contributed by atoms with van der Waals surface area (Å²) in [4.78, 5) is 12.0. The molecule has 0 atom stereocenters. The number of nitrogens with zero attached hydrogens (tertiary/aromatic N) is 1. The van der Waals surface area contributed by atoms with Crippen LogP contribution in [-0.4, -0.2) is 26.0 Å². The molecular weight excluding hydrogens is 354 g/mol. The second kappa shape index (κ2) is 7.67. The summed E-state index contributed by atoms with van der Waals surface area (Å²) >= 11 is 0. The van der Waals surface area contributed by atoms with Gasteiger partial charge in [-0.3, -0.25) is 4.79 Å². The van der Waals surface area contributed by atoms with Crippen molar-refractivity contribution in [1.29, 1.82) is 0 Å². The molecule has 8 heteroatoms. The molecule has 0 saturated carbocycles. The normalized spacial score (nSPS) is 11.6. The lowest BCUT2D eigenvalue weighted by atomic mass is 10.1. The average Bonchev–Trinajstić information content (AvgIpc) is 3.05. The van der Waals surface area contributed by atoms with Gasteiger partial charge in [-0.05, 0) is 29.8 Å². The smallest absolute Gasteiger partial charge is 0.240 e. The van der Waals surface area contributed by atoms with Gasteiger partial charge in [-0.1, -0.05) is 35.5 Å². The summed E-state index contributed by atoms with van der Waals surface area (Å²) in [7, 11) is -3.67. The van der Waals surface area contributed by atoms with Crippen molar-refractivity contribution in [1.82, 2.24) is 15.2 Å². The van der Waals surface area contributed by atoms with E-state index in [9.17, 15) is 13.2 Å². The first-order valence-corrected chi connectivity index (χ1v) is 9.60. The minimum absolute atomic E-state index is 0.0127. The van der Waals surface area contributed by atoms with E-state index in [4.69, 9.17) is 4.52 Å². The van der Waals surface area contributed by atoms with Crippen LogP contribution in [0.15, 0.2) is 57.9 Å². The van der Waals surface area contributed by atoms with Crippen molar-refractivity contribution in [2.24, 2.45) is 0 Å². The maximum absolute atomic E-state index is 12.4. The van der Waals surface area contributed by atoms with E-state index in [0.29, 0.717) is 11.5 Å². The van der Waals surface area contributed by atoms with Gasteiger partial charge in [-0.2, -0.15) is 0 Å². The molecule has 3 rings (SSSR count). The Bertz CT molecular complexity index is 1030. The number of carbonyl (C=O) groups excluding carboxylic acids is 1. The van der Waals surface area contributed by atoms with Gasteiger partial charge in [0.1, 0.15) is 11.5 Å². The van der Waals surface area contributed by atoms with Gasteiger partial charge in [-0.15, -0.1) is 0 Å². The first-order valence-electron chi connectivity index (χ1n) is 8.11. The van der Waals surface area contributed by atoms with E-state index in [1.54, 1.807) is 31.2 Å². The van der Waals surface area contributed by atoms with E-state index >= 15 is 0 Å². The molecule has 0 bridgehead atoms. The van der Waals surface area contributed by atoms with E-state index in [0.717, 1.165) is 10.8 Å². The third kappa shape index (κ3) is 4.47. The monoisotopic (exact) mass is 373 g/mol. The number of rotatable bonds is 7. The molecule has 0 radical (unpaired) electrons. The quantitative estimate of drug-likeness (QED) is 0.661. The minimum atomic E-state index is -3.67. The van der Waals surface area contributed by atoms with E-state index in [-0.39, 0.29) is 30.3 Å². The Hall–Kier alpha value is -2.71. The number of sulfonamides is 1. The van der Waals surface area contributed by atoms with Crippen molar-refractivity contribution >= 4 is 26.7 Å². The van der Waals surface area contributed by atoms with Crippen molar-refractivity contribution in [3.05, 3.63) is 60.0 Å². The van der Waals surface area contributed by atoms with Crippen LogP contribution in [0.4, 0.5) is 0 Å². The van der Waals surface area contributed by atoms with Gasteiger partial charge >= 0.3 is 0 Å². The fourth-order valence-electron chi connectivity index (χ4n) is 2.50. The van der Waals surface area contributed by atoms with E-state index in [1.165, 1.54) is 0 Å². The van der Waals surface area contributed by atoms with Crippen LogP contribution in [0.2, 0.25) is 0 Å². The number of aryl methyl sites for hydroxylation is 1. The molecule has 2 N–H and O–H groups in total. The average molecular weight is 373 g/mol. The summed E-state index contributed by atoms with van der Waals surface area (Å²) < 4.78 is 32.1. The molecule has 1 heterocycles. The molecule has 0 unspecified atom stereocenters. The van der Waals surface area contributed by atoms with Gasteiger partial charge in [0.05, 0.1) is 11.4 Å². The molecule has 1 amide bonds. The Balaban J connectivity index is 1.53. The van der Waals surface area contributed by atoms with Crippen LogP contribution >= 0.6 is 0 Å². The second-order valence-corrected chi connectivity index (χ2v) is 7.63. The van der Waals surface area contributed by atoms with Gasteiger partial charge in [-0.25, -0.2) is 13.1 Å². The number of hydrogen-bond acceptors (Lipinski definition) is 5. The fraction of sp³-hybridized carbons (Fsp3) is 0.222. The first-order chi connectivity index (χ1) is 12.4. The number of carbonyl (C=O) groups is 1. The number of benzene rings is 2. The predicted molar refractivity (Wildman–Crippen MR) is 96.8 cm³/mol. The van der Waals surface area contributed by atoms with Crippen molar-refractivity contribution in [3.63, 3.8) is 0 Å². The second-order valence-electron chi connectivity index (χ2n) is 5.86. The van der Waals surface area contributed by atoms with Crippen LogP contribution < -0.4 is 10.0 Å². The highest BCUT2D eigenvalue weighted by atomic mass is 32.2. The molecule has 0 aliphatic carbocycles. The van der Waals surface area contributed by atoms with Crippen LogP contribution in [-0.2, 0) is 21.4 Å². The lowest BCUT2D eigenvalue weighted by molar-refractivity contribution is -0.121. The van der Waals surface area contributed by atoms with Crippen LogP contribution in [0.3, 0.4) is 0 Å². The number of nitrogens with one attached hydrogen (secondary N) is 2. The SMILES string of the molecule is Cc1cc(CNC(=O)CCNS(=O)(=O)c2ccc3ccccc3c2)no1. The largest absolute Gasteiger partial charge is 0.361 e. The maximum atomic E-state index is 12.4. The molecule has 136 valence electrons. The van der Waals surface area contributed by atoms with Gasteiger partial charge in [0.15, 0.2) is 0 Å². The van der Waals surface area contributed by atoms with Crippen molar-refractivity contribution in [3.8, 4) is 0 Å². The summed E-state index contributed by atoms with van der Waals surface area (Å²) in [5.41, 5.74) is 0.618. The molecule has 0 spiro atoms. The van der Waals surface area contributed by atoms with Crippen LogP contribution in [0, 0.1) is 6.92 Å². The van der Waals surface area contributed by atoms with Crippen LogP contribution in [0.1, 0.15) is 17.9 Å². The Morgan fingerprint density at radius 3 is 2.62 bits per heavy atom. The third-order valence-corrected chi connectivity index (χ3v) is 5.28. The van der Waals surface area contributed by atoms with Gasteiger partial charge in [0, 0.05) is 19.0 Å². The number of amides is 1. The molecule has 0 saturated heterocycles. The maximum Gasteiger partial charge on any atom is 0.240 e. The molecule has 26 heavy (non-hydrogen) atoms. The first kappa shape index (κ1) is 18.1. The third-order valence-electron chi connectivity index (χ3n) is 3.82. The highest BCUT2D eigenvalue weighted by Crippen LogP contribution is 2.18. The predicted octanol–water partition coefficient (Wildman–Crippen LogP) is 2.12. The summed E-state index contributed by atoms with van der Waals surface area (Å²) in [5, 5.41) is 8.25. The summed E-state index contributed by atoms with van der Waals surface area (Å²) in [6.07, 6.45) is 0.0314. The van der Waals surface area contributed by atoms with Gasteiger partial charge in [0.25, 0.3) is 0 Å². The highest BCUT2D eigenvalue weighted by molar-refractivity contribution is 7.89. The highest BCUT2D eigenvalue weighted by Gasteiger charge is 2.14. The zero-order valence-electron chi connectivity index (χ0n) is 14.2. The van der Waals surface area contributed by atoms with Crippen molar-refractivity contribution in [2.75, 3.05) is 6.54 Å². The Kier molecular flexibility index (Phi) is 5.34. The fourth-order valence-corrected chi connectivity index (χ4v) is 3.56. The zero-order chi connectivity index (χ0) is 18.6. The number of aromatic nitrogens is 1. The van der Waals surface area contributed by atoms with Crippen LogP contribution in [0.25, 0.3) is 10.8 Å². The molecular formula is C18H19N3O4S. The van der Waals surface area contributed by atoms with E-state index in [1.807, 2.05) is 24.3 Å². The molecule has 0 aliphatic heterocycles. The number of hydrogen-bond donors (Lipinski definition) is 2. The molecule has 7 nitrogen and oxygen atoms in total. The summed E-state index contributed by atoms with van der Waals surface area (Å²) in [5.74, 6) is 0.393. The minimum Gasteiger partial charge on any atom is -0.361 e. The standard InChI is InChI=1S/C18H19N3O4S/c1-13-10-16(21-25-13)12-19-18(22)8-9-20-26(23,24)17-7-6-14-4-2-3-5-15(14)11-17/h2-7,10-11,20H,8-9,12H2,1H3,(H,19,22). The Morgan fingerprint density at radius 1 is 1.12 bits per heavy atom. The van der Waals surface area contributed by atoms with Gasteiger partial charge < -0.3 is 9.84 Å². The zero-order valence-corrected chi connectivity index (χ0v) is 15.0. The van der Waals surface area contributed by atoms with Gasteiger partial charge in [0.2, 0.25) is 15.9 Å². The van der Waals surface area contributed by atoms with E-state index in [2.05, 4.69) is 15.2 Å². The summed E-state index contributed by atoms with van der Waals surface area (Å²) in [6.45, 7) is 2.02. The summed E-state index contributed by atoms with van der Waals surface area (Å²) in [6, 6.07) is 14.2. The van der Waals surface area contributed by atoms with E-state index < -0.39 is 10.0 Å². The van der Waals surface area contributed by atoms with Crippen LogP contribution in [0.5, 0.6) is 0 Å². The molecule has 0 aliphatic rings. The lowest BCUT2D eigenvalue weighted by Crippen LogP contribution is -2.30. The molecule has 1 aromatic heterocycles. The van der Waals surface area contributed by atoms with Crippen molar-refractivity contribution < 1.29 is 17.7 Å². The Labute approximate surface area is 151 Å². The molecule has 0 fully saturated rings.